The van der Waals surface area contributed by atoms with Crippen molar-refractivity contribution in [3.63, 3.8) is 0 Å². The molecule has 2 fully saturated rings. The average molecular weight is 505 g/mol. The SMILES string of the molecule is C=C(C)C(=O)OCC(COC(=O)C(=C)C(C)O)C1CCC(CCC2CCC(CCCCC)CC2)CC1. The van der Waals surface area contributed by atoms with Gasteiger partial charge in [-0.25, -0.2) is 9.59 Å². The van der Waals surface area contributed by atoms with Crippen molar-refractivity contribution in [1.29, 1.82) is 0 Å². The number of hydrogen-bond donors (Lipinski definition) is 1. The van der Waals surface area contributed by atoms with Gasteiger partial charge in [0.2, 0.25) is 0 Å². The van der Waals surface area contributed by atoms with E-state index in [1.807, 2.05) is 0 Å². The maximum absolute atomic E-state index is 12.2. The molecule has 5 heteroatoms. The minimum Gasteiger partial charge on any atom is -0.462 e. The van der Waals surface area contributed by atoms with Crippen molar-refractivity contribution >= 4 is 11.9 Å². The van der Waals surface area contributed by atoms with Gasteiger partial charge in [0.25, 0.3) is 0 Å². The lowest BCUT2D eigenvalue weighted by molar-refractivity contribution is -0.146. The van der Waals surface area contributed by atoms with Crippen LogP contribution in [-0.2, 0) is 19.1 Å². The van der Waals surface area contributed by atoms with Gasteiger partial charge in [-0.15, -0.1) is 0 Å². The van der Waals surface area contributed by atoms with Gasteiger partial charge < -0.3 is 14.6 Å². The molecule has 5 nitrogen and oxygen atoms in total. The van der Waals surface area contributed by atoms with Gasteiger partial charge in [0, 0.05) is 11.5 Å². The van der Waals surface area contributed by atoms with E-state index in [2.05, 4.69) is 20.1 Å². The first-order chi connectivity index (χ1) is 17.2. The molecular weight excluding hydrogens is 452 g/mol. The van der Waals surface area contributed by atoms with Gasteiger partial charge in [-0.3, -0.25) is 0 Å². The molecule has 2 saturated carbocycles. The Balaban J connectivity index is 1.76. The van der Waals surface area contributed by atoms with Crippen molar-refractivity contribution in [2.75, 3.05) is 13.2 Å². The van der Waals surface area contributed by atoms with Gasteiger partial charge in [-0.05, 0) is 50.4 Å². The molecule has 1 N–H and O–H groups in total. The normalized spacial score (nSPS) is 26.0. The lowest BCUT2D eigenvalue weighted by Gasteiger charge is -2.35. The lowest BCUT2D eigenvalue weighted by atomic mass is 9.72. The molecule has 0 aromatic heterocycles. The summed E-state index contributed by atoms with van der Waals surface area (Å²) < 4.78 is 10.9. The summed E-state index contributed by atoms with van der Waals surface area (Å²) in [7, 11) is 0. The molecule has 0 aromatic rings. The predicted octanol–water partition coefficient (Wildman–Crippen LogP) is 7.18. The fourth-order valence-electron chi connectivity index (χ4n) is 5.98. The topological polar surface area (TPSA) is 72.8 Å². The van der Waals surface area contributed by atoms with E-state index in [1.54, 1.807) is 6.92 Å². The van der Waals surface area contributed by atoms with E-state index in [4.69, 9.17) is 9.47 Å². The van der Waals surface area contributed by atoms with E-state index < -0.39 is 18.0 Å². The summed E-state index contributed by atoms with van der Waals surface area (Å²) in [6.45, 7) is 13.1. The number of esters is 2. The molecule has 2 aliphatic carbocycles. The van der Waals surface area contributed by atoms with Crippen LogP contribution in [0.25, 0.3) is 0 Å². The van der Waals surface area contributed by atoms with Gasteiger partial charge in [0.05, 0.1) is 24.9 Å². The fraction of sp³-hybridized carbons (Fsp3) is 0.806. The zero-order chi connectivity index (χ0) is 26.5. The second-order valence-corrected chi connectivity index (χ2v) is 11.7. The highest BCUT2D eigenvalue weighted by molar-refractivity contribution is 5.88. The first-order valence-electron chi connectivity index (χ1n) is 14.6. The number of hydrogen-bond acceptors (Lipinski definition) is 5. The number of rotatable bonds is 15. The predicted molar refractivity (Wildman–Crippen MR) is 145 cm³/mol. The Hall–Kier alpha value is -1.62. The third kappa shape index (κ3) is 10.8. The van der Waals surface area contributed by atoms with E-state index in [1.165, 1.54) is 84.0 Å². The average Bonchev–Trinajstić information content (AvgIpc) is 2.87. The molecule has 2 unspecified atom stereocenters. The molecule has 0 saturated heterocycles. The van der Waals surface area contributed by atoms with Crippen LogP contribution >= 0.6 is 0 Å². The maximum Gasteiger partial charge on any atom is 0.336 e. The molecule has 36 heavy (non-hydrogen) atoms. The second kappa shape index (κ2) is 16.3. The first-order valence-corrected chi connectivity index (χ1v) is 14.6. The van der Waals surface area contributed by atoms with E-state index in [0.29, 0.717) is 11.5 Å². The van der Waals surface area contributed by atoms with Gasteiger partial charge in [-0.2, -0.15) is 0 Å². The standard InChI is InChI=1S/C31H52O5/c1-6-7-8-9-25-10-12-26(13-11-25)14-15-27-16-18-28(19-17-27)29(20-35-30(33)22(2)3)21-36-31(34)23(4)24(5)32/h24-29,32H,2,4,6-21H2,1,3,5H3. The van der Waals surface area contributed by atoms with E-state index in [-0.39, 0.29) is 24.7 Å². The molecule has 206 valence electrons. The monoisotopic (exact) mass is 504 g/mol. The van der Waals surface area contributed by atoms with Crippen LogP contribution in [0.5, 0.6) is 0 Å². The molecular formula is C31H52O5. The van der Waals surface area contributed by atoms with Gasteiger partial charge in [0.15, 0.2) is 0 Å². The number of ether oxygens (including phenoxy) is 2. The summed E-state index contributed by atoms with van der Waals surface area (Å²) in [5.74, 6) is 1.98. The maximum atomic E-state index is 12.2. The number of carbonyl (C=O) groups excluding carboxylic acids is 2. The quantitative estimate of drug-likeness (QED) is 0.145. The lowest BCUT2D eigenvalue weighted by Crippen LogP contribution is -2.31. The van der Waals surface area contributed by atoms with Crippen LogP contribution in [0.15, 0.2) is 24.3 Å². The Morgan fingerprint density at radius 1 is 0.806 bits per heavy atom. The van der Waals surface area contributed by atoms with Crippen LogP contribution in [0.4, 0.5) is 0 Å². The van der Waals surface area contributed by atoms with Crippen LogP contribution in [0.3, 0.4) is 0 Å². The third-order valence-electron chi connectivity index (χ3n) is 8.70. The van der Waals surface area contributed by atoms with Crippen molar-refractivity contribution < 1.29 is 24.2 Å². The second-order valence-electron chi connectivity index (χ2n) is 11.7. The van der Waals surface area contributed by atoms with E-state index in [9.17, 15) is 14.7 Å². The molecule has 2 rings (SSSR count). The number of carbonyl (C=O) groups is 2. The summed E-state index contributed by atoms with van der Waals surface area (Å²) in [5.41, 5.74) is 0.415. The minimum atomic E-state index is -0.941. The molecule has 0 aromatic carbocycles. The largest absolute Gasteiger partial charge is 0.462 e. The smallest absolute Gasteiger partial charge is 0.336 e. The highest BCUT2D eigenvalue weighted by Crippen LogP contribution is 2.39. The zero-order valence-corrected chi connectivity index (χ0v) is 23.3. The van der Waals surface area contributed by atoms with Crippen LogP contribution in [0.2, 0.25) is 0 Å². The van der Waals surface area contributed by atoms with Gasteiger partial charge >= 0.3 is 11.9 Å². The van der Waals surface area contributed by atoms with E-state index >= 15 is 0 Å². The molecule has 2 aliphatic rings. The molecule has 0 heterocycles. The van der Waals surface area contributed by atoms with Crippen LogP contribution in [0, 0.1) is 29.6 Å². The van der Waals surface area contributed by atoms with Crippen molar-refractivity contribution in [1.82, 2.24) is 0 Å². The Kier molecular flexibility index (Phi) is 13.8. The van der Waals surface area contributed by atoms with Crippen molar-refractivity contribution in [3.05, 3.63) is 24.3 Å². The molecule has 0 amide bonds. The highest BCUT2D eigenvalue weighted by atomic mass is 16.5. The van der Waals surface area contributed by atoms with Crippen molar-refractivity contribution in [3.8, 4) is 0 Å². The molecule has 0 spiro atoms. The number of aliphatic hydroxyl groups excluding tert-OH is 1. The number of aliphatic hydroxyl groups is 1. The third-order valence-corrected chi connectivity index (χ3v) is 8.70. The van der Waals surface area contributed by atoms with Crippen LogP contribution in [0.1, 0.15) is 111 Å². The summed E-state index contributed by atoms with van der Waals surface area (Å²) in [6, 6.07) is 0. The zero-order valence-electron chi connectivity index (χ0n) is 23.3. The Morgan fingerprint density at radius 3 is 1.75 bits per heavy atom. The Bertz CT molecular complexity index is 696. The summed E-state index contributed by atoms with van der Waals surface area (Å²) in [6.07, 6.45) is 17.6. The molecule has 2 atom stereocenters. The van der Waals surface area contributed by atoms with E-state index in [0.717, 1.165) is 30.6 Å². The van der Waals surface area contributed by atoms with Crippen LogP contribution in [-0.4, -0.2) is 36.4 Å². The van der Waals surface area contributed by atoms with Gasteiger partial charge in [0.1, 0.15) is 0 Å². The Labute approximate surface area is 220 Å². The summed E-state index contributed by atoms with van der Waals surface area (Å²) in [4.78, 5) is 24.2. The first kappa shape index (κ1) is 30.6. The van der Waals surface area contributed by atoms with Crippen molar-refractivity contribution in [2.45, 2.75) is 117 Å². The highest BCUT2D eigenvalue weighted by Gasteiger charge is 2.31. The van der Waals surface area contributed by atoms with Crippen LogP contribution < -0.4 is 0 Å². The fourth-order valence-corrected chi connectivity index (χ4v) is 5.98. The minimum absolute atomic E-state index is 0.0476. The van der Waals surface area contributed by atoms with Crippen molar-refractivity contribution in [2.24, 2.45) is 29.6 Å². The number of unbranched alkanes of at least 4 members (excludes halogenated alkanes) is 2. The molecule has 0 bridgehead atoms. The Morgan fingerprint density at radius 2 is 1.28 bits per heavy atom. The summed E-state index contributed by atoms with van der Waals surface area (Å²) >= 11 is 0. The molecule has 0 aliphatic heterocycles. The van der Waals surface area contributed by atoms with Gasteiger partial charge in [-0.1, -0.05) is 97.1 Å². The molecule has 0 radical (unpaired) electrons. The summed E-state index contributed by atoms with van der Waals surface area (Å²) in [5, 5.41) is 9.59.